The van der Waals surface area contributed by atoms with Crippen molar-refractivity contribution in [1.29, 1.82) is 0 Å². The van der Waals surface area contributed by atoms with E-state index in [1.807, 2.05) is 17.5 Å². The minimum atomic E-state index is -0.194. The van der Waals surface area contributed by atoms with E-state index in [0.29, 0.717) is 29.8 Å². The van der Waals surface area contributed by atoms with Gasteiger partial charge in [0.2, 0.25) is 0 Å². The number of aromatic nitrogens is 1. The molecule has 1 aliphatic heterocycles. The molecule has 1 N–H and O–H groups in total. The summed E-state index contributed by atoms with van der Waals surface area (Å²) >= 11 is 1.56. The van der Waals surface area contributed by atoms with Gasteiger partial charge in [0.25, 0.3) is 5.91 Å². The zero-order valence-electron chi connectivity index (χ0n) is 12.7. The number of hydrogen-bond acceptors (Lipinski definition) is 5. The first-order chi connectivity index (χ1) is 10.6. The van der Waals surface area contributed by atoms with E-state index in [-0.39, 0.29) is 12.0 Å². The summed E-state index contributed by atoms with van der Waals surface area (Å²) in [5.74, 6) is 1.26. The van der Waals surface area contributed by atoms with E-state index in [4.69, 9.17) is 9.26 Å². The Labute approximate surface area is 133 Å². The normalized spacial score (nSPS) is 21.4. The molecule has 0 radical (unpaired) electrons. The summed E-state index contributed by atoms with van der Waals surface area (Å²) in [5, 5.41) is 8.77. The molecule has 22 heavy (non-hydrogen) atoms. The van der Waals surface area contributed by atoms with E-state index in [1.54, 1.807) is 17.4 Å². The number of hydrogen-bond donors (Lipinski definition) is 1. The molecule has 0 aromatic carbocycles. The summed E-state index contributed by atoms with van der Waals surface area (Å²) in [6, 6.07) is 5.57. The van der Waals surface area contributed by atoms with Gasteiger partial charge in [-0.25, -0.2) is 0 Å². The highest BCUT2D eigenvalue weighted by Crippen LogP contribution is 2.27. The lowest BCUT2D eigenvalue weighted by Crippen LogP contribution is -2.35. The summed E-state index contributed by atoms with van der Waals surface area (Å²) in [6.07, 6.45) is 1.21. The van der Waals surface area contributed by atoms with Crippen LogP contribution in [0.15, 0.2) is 28.1 Å². The van der Waals surface area contributed by atoms with Crippen molar-refractivity contribution in [2.45, 2.75) is 26.4 Å². The number of ether oxygens (including phenoxy) is 1. The van der Waals surface area contributed by atoms with Crippen molar-refractivity contribution in [3.8, 4) is 10.6 Å². The maximum Gasteiger partial charge on any atom is 0.273 e. The number of amides is 1. The summed E-state index contributed by atoms with van der Waals surface area (Å²) in [6.45, 7) is 5.68. The maximum atomic E-state index is 12.2. The monoisotopic (exact) mass is 320 g/mol. The molecule has 3 rings (SSSR count). The SMILES string of the molecule is CC(C)[C@H]1OCC[C@@H]1CNC(=O)c1cc(-c2cccs2)on1. The summed E-state index contributed by atoms with van der Waals surface area (Å²) in [5.41, 5.74) is 0.323. The van der Waals surface area contributed by atoms with Crippen molar-refractivity contribution in [3.05, 3.63) is 29.3 Å². The molecule has 3 heterocycles. The smallest absolute Gasteiger partial charge is 0.273 e. The van der Waals surface area contributed by atoms with Crippen LogP contribution in [-0.2, 0) is 4.74 Å². The lowest BCUT2D eigenvalue weighted by Gasteiger charge is -2.21. The molecule has 6 heteroatoms. The standard InChI is InChI=1S/C16H20N2O3S/c1-10(2)15-11(5-6-20-15)9-17-16(19)12-8-13(21-18-12)14-4-3-7-22-14/h3-4,7-8,10-11,15H,5-6,9H2,1-2H3,(H,17,19)/t11-,15-/m1/s1. The van der Waals surface area contributed by atoms with Crippen LogP contribution in [0.25, 0.3) is 10.6 Å². The van der Waals surface area contributed by atoms with Crippen LogP contribution in [0.1, 0.15) is 30.8 Å². The van der Waals surface area contributed by atoms with E-state index in [1.165, 1.54) is 0 Å². The topological polar surface area (TPSA) is 64.4 Å². The summed E-state index contributed by atoms with van der Waals surface area (Å²) in [7, 11) is 0. The number of carbonyl (C=O) groups is 1. The van der Waals surface area contributed by atoms with E-state index >= 15 is 0 Å². The highest BCUT2D eigenvalue weighted by atomic mass is 32.1. The van der Waals surface area contributed by atoms with Gasteiger partial charge in [0.05, 0.1) is 11.0 Å². The van der Waals surface area contributed by atoms with Crippen LogP contribution < -0.4 is 5.32 Å². The lowest BCUT2D eigenvalue weighted by atomic mass is 9.93. The average Bonchev–Trinajstić information content (AvgIpc) is 3.23. The van der Waals surface area contributed by atoms with E-state index < -0.39 is 0 Å². The second-order valence-corrected chi connectivity index (χ2v) is 6.84. The molecule has 1 aliphatic rings. The van der Waals surface area contributed by atoms with Crippen molar-refractivity contribution < 1.29 is 14.1 Å². The van der Waals surface area contributed by atoms with Gasteiger partial charge >= 0.3 is 0 Å². The Hall–Kier alpha value is -1.66. The highest BCUT2D eigenvalue weighted by molar-refractivity contribution is 7.13. The molecule has 2 aromatic heterocycles. The number of thiophene rings is 1. The lowest BCUT2D eigenvalue weighted by molar-refractivity contribution is 0.0533. The van der Waals surface area contributed by atoms with Gasteiger partial charge in [0.1, 0.15) is 0 Å². The van der Waals surface area contributed by atoms with Crippen LogP contribution in [0.4, 0.5) is 0 Å². The van der Waals surface area contributed by atoms with Crippen molar-refractivity contribution in [1.82, 2.24) is 10.5 Å². The van der Waals surface area contributed by atoms with Crippen molar-refractivity contribution in [3.63, 3.8) is 0 Å². The molecule has 1 fully saturated rings. The third kappa shape index (κ3) is 3.23. The molecular weight excluding hydrogens is 300 g/mol. The van der Waals surface area contributed by atoms with E-state index in [0.717, 1.165) is 17.9 Å². The summed E-state index contributed by atoms with van der Waals surface area (Å²) < 4.78 is 11.0. The van der Waals surface area contributed by atoms with Crippen molar-refractivity contribution in [2.24, 2.45) is 11.8 Å². The molecule has 1 amide bonds. The zero-order valence-corrected chi connectivity index (χ0v) is 13.6. The van der Waals surface area contributed by atoms with Gasteiger partial charge in [-0.15, -0.1) is 11.3 Å². The molecule has 0 aliphatic carbocycles. The predicted octanol–water partition coefficient (Wildman–Crippen LogP) is 3.19. The minimum absolute atomic E-state index is 0.194. The first-order valence-electron chi connectivity index (χ1n) is 7.55. The molecule has 118 valence electrons. The fourth-order valence-electron chi connectivity index (χ4n) is 2.84. The Bertz CT molecular complexity index is 621. The molecule has 2 aromatic rings. The number of nitrogens with zero attached hydrogens (tertiary/aromatic N) is 1. The third-order valence-corrected chi connectivity index (χ3v) is 4.84. The Kier molecular flexibility index (Phi) is 4.59. The van der Waals surface area contributed by atoms with Gasteiger partial charge in [0.15, 0.2) is 11.5 Å². The second-order valence-electron chi connectivity index (χ2n) is 5.89. The molecule has 1 saturated heterocycles. The Morgan fingerprint density at radius 2 is 2.41 bits per heavy atom. The van der Waals surface area contributed by atoms with Gasteiger partial charge in [0, 0.05) is 25.1 Å². The maximum absolute atomic E-state index is 12.2. The molecular formula is C16H20N2O3S. The largest absolute Gasteiger partial charge is 0.378 e. The average molecular weight is 320 g/mol. The number of carbonyl (C=O) groups excluding carboxylic acids is 1. The van der Waals surface area contributed by atoms with Crippen LogP contribution in [0.2, 0.25) is 0 Å². The molecule has 0 unspecified atom stereocenters. The zero-order chi connectivity index (χ0) is 15.5. The first kappa shape index (κ1) is 15.2. The highest BCUT2D eigenvalue weighted by Gasteiger charge is 2.31. The molecule has 0 spiro atoms. The quantitative estimate of drug-likeness (QED) is 0.919. The van der Waals surface area contributed by atoms with Crippen LogP contribution in [-0.4, -0.2) is 30.3 Å². The Morgan fingerprint density at radius 1 is 1.55 bits per heavy atom. The van der Waals surface area contributed by atoms with Gasteiger partial charge in [-0.1, -0.05) is 25.1 Å². The third-order valence-electron chi connectivity index (χ3n) is 3.95. The van der Waals surface area contributed by atoms with Crippen LogP contribution >= 0.6 is 11.3 Å². The molecule has 0 saturated carbocycles. The van der Waals surface area contributed by atoms with Crippen LogP contribution in [0, 0.1) is 11.8 Å². The fourth-order valence-corrected chi connectivity index (χ4v) is 3.52. The molecule has 5 nitrogen and oxygen atoms in total. The number of nitrogens with one attached hydrogen (secondary N) is 1. The first-order valence-corrected chi connectivity index (χ1v) is 8.43. The van der Waals surface area contributed by atoms with Crippen LogP contribution in [0.3, 0.4) is 0 Å². The van der Waals surface area contributed by atoms with Gasteiger partial charge in [-0.05, 0) is 23.8 Å². The van der Waals surface area contributed by atoms with E-state index in [2.05, 4.69) is 24.3 Å². The molecule has 2 atom stereocenters. The second kappa shape index (κ2) is 6.62. The van der Waals surface area contributed by atoms with Gasteiger partial charge < -0.3 is 14.6 Å². The molecule has 0 bridgehead atoms. The Morgan fingerprint density at radius 3 is 3.14 bits per heavy atom. The minimum Gasteiger partial charge on any atom is -0.378 e. The Balaban J connectivity index is 1.58. The van der Waals surface area contributed by atoms with Crippen LogP contribution in [0.5, 0.6) is 0 Å². The number of rotatable bonds is 5. The van der Waals surface area contributed by atoms with Gasteiger partial charge in [-0.2, -0.15) is 0 Å². The summed E-state index contributed by atoms with van der Waals surface area (Å²) in [4.78, 5) is 13.2. The van der Waals surface area contributed by atoms with E-state index in [9.17, 15) is 4.79 Å². The van der Waals surface area contributed by atoms with Crippen molar-refractivity contribution >= 4 is 17.2 Å². The predicted molar refractivity (Wildman–Crippen MR) is 84.8 cm³/mol. The fraction of sp³-hybridized carbons (Fsp3) is 0.500. The van der Waals surface area contributed by atoms with Gasteiger partial charge in [-0.3, -0.25) is 4.79 Å². The van der Waals surface area contributed by atoms with Crippen molar-refractivity contribution in [2.75, 3.05) is 13.2 Å².